The molecule has 0 aromatic rings. The Bertz CT molecular complexity index is 149. The molecule has 1 nitrogen and oxygen atoms in total. The van der Waals surface area contributed by atoms with Crippen molar-refractivity contribution in [2.45, 2.75) is 6.43 Å². The number of halogens is 2. The number of hydrogen-bond donors (Lipinski definition) is 1. The smallest absolute Gasteiger partial charge is 0.277 e. The Morgan fingerprint density at radius 3 is 2.67 bits per heavy atom. The van der Waals surface area contributed by atoms with Gasteiger partial charge in [-0.1, -0.05) is 12.2 Å². The quantitative estimate of drug-likeness (QED) is 0.565. The van der Waals surface area contributed by atoms with Crippen LogP contribution in [0, 0.1) is 0 Å². The van der Waals surface area contributed by atoms with Gasteiger partial charge in [0, 0.05) is 6.54 Å². The van der Waals surface area contributed by atoms with Crippen LogP contribution in [0.25, 0.3) is 0 Å². The van der Waals surface area contributed by atoms with Gasteiger partial charge in [0.15, 0.2) is 0 Å². The summed E-state index contributed by atoms with van der Waals surface area (Å²) in [4.78, 5) is 0. The van der Waals surface area contributed by atoms with E-state index in [0.29, 0.717) is 6.54 Å². The Morgan fingerprint density at radius 1 is 1.56 bits per heavy atom. The van der Waals surface area contributed by atoms with Gasteiger partial charge in [-0.25, -0.2) is 8.78 Å². The van der Waals surface area contributed by atoms with Crippen molar-refractivity contribution in [3.05, 3.63) is 23.9 Å². The molecule has 50 valence electrons. The Hall–Kier alpha value is -0.860. The zero-order chi connectivity index (χ0) is 6.69. The number of allylic oxidation sites excluding steroid dienone is 3. The molecule has 0 aliphatic carbocycles. The second kappa shape index (κ2) is 2.62. The van der Waals surface area contributed by atoms with Crippen LogP contribution in [0.4, 0.5) is 8.78 Å². The molecular weight excluding hydrogens is 124 g/mol. The van der Waals surface area contributed by atoms with Gasteiger partial charge in [0.25, 0.3) is 6.43 Å². The Kier molecular flexibility index (Phi) is 1.82. The van der Waals surface area contributed by atoms with E-state index >= 15 is 0 Å². The minimum Gasteiger partial charge on any atom is -0.380 e. The summed E-state index contributed by atoms with van der Waals surface area (Å²) in [5.41, 5.74) is 0.0116. The molecule has 1 heterocycles. The molecular formula is C6H7F2N. The highest BCUT2D eigenvalue weighted by atomic mass is 19.3. The van der Waals surface area contributed by atoms with E-state index in [-0.39, 0.29) is 5.70 Å². The fraction of sp³-hybridized carbons (Fsp3) is 0.333. The molecule has 1 rings (SSSR count). The predicted octanol–water partition coefficient (Wildman–Crippen LogP) is 1.29. The molecule has 3 heteroatoms. The SMILES string of the molecule is FC(F)C1=CC=CCN1. The molecule has 1 N–H and O–H groups in total. The molecule has 0 saturated heterocycles. The zero-order valence-electron chi connectivity index (χ0n) is 4.77. The van der Waals surface area contributed by atoms with E-state index in [9.17, 15) is 8.78 Å². The minimum absolute atomic E-state index is 0.0116. The second-order valence-corrected chi connectivity index (χ2v) is 1.73. The topological polar surface area (TPSA) is 12.0 Å². The third-order valence-electron chi connectivity index (χ3n) is 1.07. The minimum atomic E-state index is -2.37. The summed E-state index contributed by atoms with van der Waals surface area (Å²) in [7, 11) is 0. The van der Waals surface area contributed by atoms with Gasteiger partial charge in [-0.3, -0.25) is 0 Å². The standard InChI is InChI=1S/C6H7F2N/c7-6(8)5-3-1-2-4-9-5/h1-3,6,9H,4H2. The molecule has 0 fully saturated rings. The van der Waals surface area contributed by atoms with Crippen LogP contribution in [0.2, 0.25) is 0 Å². The lowest BCUT2D eigenvalue weighted by atomic mass is 10.3. The summed E-state index contributed by atoms with van der Waals surface area (Å²) < 4.78 is 23.5. The summed E-state index contributed by atoms with van der Waals surface area (Å²) in [5.74, 6) is 0. The maximum atomic E-state index is 11.8. The van der Waals surface area contributed by atoms with E-state index in [2.05, 4.69) is 5.32 Å². The van der Waals surface area contributed by atoms with Crippen molar-refractivity contribution in [1.82, 2.24) is 5.32 Å². The largest absolute Gasteiger partial charge is 0.380 e. The highest BCUT2D eigenvalue weighted by Crippen LogP contribution is 2.06. The van der Waals surface area contributed by atoms with Gasteiger partial charge in [0.2, 0.25) is 0 Å². The van der Waals surface area contributed by atoms with Crippen LogP contribution < -0.4 is 5.32 Å². The van der Waals surface area contributed by atoms with Crippen molar-refractivity contribution in [2.75, 3.05) is 6.54 Å². The molecule has 0 bridgehead atoms. The number of dihydropyridines is 1. The Morgan fingerprint density at radius 2 is 2.33 bits per heavy atom. The third kappa shape index (κ3) is 1.52. The molecule has 1 aliphatic rings. The summed E-state index contributed by atoms with van der Waals surface area (Å²) in [6.07, 6.45) is 2.42. The highest BCUT2D eigenvalue weighted by molar-refractivity contribution is 5.17. The molecule has 9 heavy (non-hydrogen) atoms. The first-order valence-corrected chi connectivity index (χ1v) is 2.69. The van der Waals surface area contributed by atoms with Gasteiger partial charge >= 0.3 is 0 Å². The number of nitrogens with one attached hydrogen (secondary N) is 1. The lowest BCUT2D eigenvalue weighted by Crippen LogP contribution is -2.20. The molecule has 0 radical (unpaired) electrons. The van der Waals surface area contributed by atoms with E-state index in [1.807, 2.05) is 0 Å². The molecule has 0 saturated carbocycles. The molecule has 0 spiro atoms. The summed E-state index contributed by atoms with van der Waals surface area (Å²) in [6.45, 7) is 0.510. The molecule has 1 aliphatic heterocycles. The second-order valence-electron chi connectivity index (χ2n) is 1.73. The van der Waals surface area contributed by atoms with Crippen LogP contribution in [-0.4, -0.2) is 13.0 Å². The van der Waals surface area contributed by atoms with Crippen molar-refractivity contribution >= 4 is 0 Å². The van der Waals surface area contributed by atoms with Crippen LogP contribution in [0.15, 0.2) is 23.9 Å². The van der Waals surface area contributed by atoms with Gasteiger partial charge in [-0.2, -0.15) is 0 Å². The fourth-order valence-corrected chi connectivity index (χ4v) is 0.625. The first-order valence-electron chi connectivity index (χ1n) is 2.69. The fourth-order valence-electron chi connectivity index (χ4n) is 0.625. The van der Waals surface area contributed by atoms with E-state index < -0.39 is 6.43 Å². The van der Waals surface area contributed by atoms with E-state index in [4.69, 9.17) is 0 Å². The van der Waals surface area contributed by atoms with Crippen LogP contribution in [-0.2, 0) is 0 Å². The summed E-state index contributed by atoms with van der Waals surface area (Å²) >= 11 is 0. The van der Waals surface area contributed by atoms with Gasteiger partial charge in [-0.15, -0.1) is 0 Å². The third-order valence-corrected chi connectivity index (χ3v) is 1.07. The van der Waals surface area contributed by atoms with Crippen molar-refractivity contribution in [3.63, 3.8) is 0 Å². The van der Waals surface area contributed by atoms with Gasteiger partial charge < -0.3 is 5.32 Å². The molecule has 0 aromatic carbocycles. The average Bonchev–Trinajstić information content (AvgIpc) is 1.90. The maximum Gasteiger partial charge on any atom is 0.277 e. The maximum absolute atomic E-state index is 11.8. The summed E-state index contributed by atoms with van der Waals surface area (Å²) in [5, 5.41) is 2.54. The van der Waals surface area contributed by atoms with Crippen molar-refractivity contribution in [1.29, 1.82) is 0 Å². The normalized spacial score (nSPS) is 17.4. The van der Waals surface area contributed by atoms with Crippen LogP contribution in [0.5, 0.6) is 0 Å². The number of rotatable bonds is 1. The lowest BCUT2D eigenvalue weighted by Gasteiger charge is -2.09. The van der Waals surface area contributed by atoms with Gasteiger partial charge in [0.05, 0.1) is 5.70 Å². The van der Waals surface area contributed by atoms with Crippen LogP contribution in [0.1, 0.15) is 0 Å². The molecule has 0 aromatic heterocycles. The first-order chi connectivity index (χ1) is 4.30. The van der Waals surface area contributed by atoms with Crippen molar-refractivity contribution < 1.29 is 8.78 Å². The zero-order valence-corrected chi connectivity index (χ0v) is 4.77. The van der Waals surface area contributed by atoms with Gasteiger partial charge in [0.1, 0.15) is 0 Å². The van der Waals surface area contributed by atoms with Crippen molar-refractivity contribution in [3.8, 4) is 0 Å². The van der Waals surface area contributed by atoms with Crippen molar-refractivity contribution in [2.24, 2.45) is 0 Å². The van der Waals surface area contributed by atoms with E-state index in [1.165, 1.54) is 6.08 Å². The lowest BCUT2D eigenvalue weighted by molar-refractivity contribution is 0.180. The van der Waals surface area contributed by atoms with E-state index in [1.54, 1.807) is 12.2 Å². The number of alkyl halides is 2. The van der Waals surface area contributed by atoms with Gasteiger partial charge in [-0.05, 0) is 6.08 Å². The average molecular weight is 131 g/mol. The van der Waals surface area contributed by atoms with Crippen LogP contribution >= 0.6 is 0 Å². The number of hydrogen-bond acceptors (Lipinski definition) is 1. The molecule has 0 atom stereocenters. The predicted molar refractivity (Wildman–Crippen MR) is 31.2 cm³/mol. The highest BCUT2D eigenvalue weighted by Gasteiger charge is 2.09. The Balaban J connectivity index is 2.57. The first kappa shape index (κ1) is 6.26. The molecule has 0 unspecified atom stereocenters. The van der Waals surface area contributed by atoms with Crippen LogP contribution in [0.3, 0.4) is 0 Å². The Labute approximate surface area is 52.1 Å². The van der Waals surface area contributed by atoms with E-state index in [0.717, 1.165) is 0 Å². The monoisotopic (exact) mass is 131 g/mol. The summed E-state index contributed by atoms with van der Waals surface area (Å²) in [6, 6.07) is 0. The molecule has 0 amide bonds.